The number of nitrogens with one attached hydrogen (secondary N) is 1. The van der Waals surface area contributed by atoms with Crippen LogP contribution in [0.4, 0.5) is 11.4 Å². The first kappa shape index (κ1) is 18.5. The summed E-state index contributed by atoms with van der Waals surface area (Å²) < 4.78 is 0. The third kappa shape index (κ3) is 4.38. The van der Waals surface area contributed by atoms with Crippen LogP contribution >= 0.6 is 0 Å². The van der Waals surface area contributed by atoms with Gasteiger partial charge in [0.05, 0.1) is 28.0 Å². The van der Waals surface area contributed by atoms with Gasteiger partial charge in [0.25, 0.3) is 11.4 Å². The highest BCUT2D eigenvalue weighted by atomic mass is 16.6. The summed E-state index contributed by atoms with van der Waals surface area (Å²) in [7, 11) is 0. The second kappa shape index (κ2) is 7.83. The number of phenols is 1. The van der Waals surface area contributed by atoms with Gasteiger partial charge in [-0.05, 0) is 25.1 Å². The fourth-order valence-electron chi connectivity index (χ4n) is 2.18. The predicted octanol–water partition coefficient (Wildman–Crippen LogP) is 2.29. The van der Waals surface area contributed by atoms with Gasteiger partial charge in [-0.1, -0.05) is 12.1 Å². The Morgan fingerprint density at radius 1 is 1.15 bits per heavy atom. The number of nitrogens with zero attached hydrogens (tertiary/aromatic N) is 3. The summed E-state index contributed by atoms with van der Waals surface area (Å²) in [5.74, 6) is -0.647. The number of amides is 1. The number of hydrogen-bond donors (Lipinski definition) is 2. The van der Waals surface area contributed by atoms with Crippen LogP contribution in [0, 0.1) is 20.2 Å². The zero-order valence-electron chi connectivity index (χ0n) is 13.6. The molecule has 0 saturated carbocycles. The van der Waals surface area contributed by atoms with Crippen molar-refractivity contribution in [3.63, 3.8) is 0 Å². The lowest BCUT2D eigenvalue weighted by atomic mass is 10.1. The molecule has 1 amide bonds. The molecule has 10 nitrogen and oxygen atoms in total. The molecule has 0 fully saturated rings. The van der Waals surface area contributed by atoms with Crippen LogP contribution in [0.1, 0.15) is 18.1 Å². The summed E-state index contributed by atoms with van der Waals surface area (Å²) in [6.07, 6.45) is -0.383. The number of rotatable bonds is 6. The Morgan fingerprint density at radius 3 is 2.46 bits per heavy atom. The number of carbonyl (C=O) groups excluding carboxylic acids is 1. The number of non-ortho nitro benzene ring substituents is 1. The number of para-hydroxylation sites is 1. The summed E-state index contributed by atoms with van der Waals surface area (Å²) >= 11 is 0. The van der Waals surface area contributed by atoms with Gasteiger partial charge in [-0.15, -0.1) is 0 Å². The molecule has 26 heavy (non-hydrogen) atoms. The molecule has 0 saturated heterocycles. The standard InChI is InChI=1S/C16H14N4O6/c1-10(13-4-2-3-5-15(13)21)17-18-16(22)8-11-6-7-12(19(23)24)9-14(11)20(25)26/h2-7,9,21H,8H2,1H3,(H,18,22)/b17-10+. The Hall–Kier alpha value is -3.82. The van der Waals surface area contributed by atoms with Crippen molar-refractivity contribution in [3.8, 4) is 5.75 Å². The van der Waals surface area contributed by atoms with Gasteiger partial charge in [-0.3, -0.25) is 25.0 Å². The van der Waals surface area contributed by atoms with E-state index < -0.39 is 27.1 Å². The number of phenolic OH excluding ortho intramolecular Hbond substituents is 1. The maximum absolute atomic E-state index is 12.0. The molecule has 2 N–H and O–H groups in total. The van der Waals surface area contributed by atoms with E-state index in [0.717, 1.165) is 18.2 Å². The third-order valence-corrected chi connectivity index (χ3v) is 3.47. The molecule has 0 aromatic heterocycles. The number of nitro groups is 2. The van der Waals surface area contributed by atoms with Crippen molar-refractivity contribution < 1.29 is 19.7 Å². The maximum atomic E-state index is 12.0. The number of hydrazone groups is 1. The van der Waals surface area contributed by atoms with Gasteiger partial charge in [0.2, 0.25) is 5.91 Å². The van der Waals surface area contributed by atoms with Crippen LogP contribution in [0.5, 0.6) is 5.75 Å². The zero-order chi connectivity index (χ0) is 19.3. The van der Waals surface area contributed by atoms with Crippen LogP contribution in [-0.4, -0.2) is 26.6 Å². The fourth-order valence-corrected chi connectivity index (χ4v) is 2.18. The molecule has 0 heterocycles. The Balaban J connectivity index is 2.15. The lowest BCUT2D eigenvalue weighted by molar-refractivity contribution is -0.394. The highest BCUT2D eigenvalue weighted by Gasteiger charge is 2.21. The maximum Gasteiger partial charge on any atom is 0.279 e. The van der Waals surface area contributed by atoms with Crippen molar-refractivity contribution in [3.05, 3.63) is 73.8 Å². The molecule has 2 aromatic rings. The van der Waals surface area contributed by atoms with Gasteiger partial charge in [0.1, 0.15) is 5.75 Å². The molecule has 0 atom stereocenters. The molecular formula is C16H14N4O6. The highest BCUT2D eigenvalue weighted by Crippen LogP contribution is 2.25. The van der Waals surface area contributed by atoms with E-state index in [1.165, 1.54) is 6.07 Å². The minimum absolute atomic E-state index is 0.00555. The molecule has 2 rings (SSSR count). The SMILES string of the molecule is C/C(=N\NC(=O)Cc1ccc([N+](=O)[O-])cc1[N+](=O)[O-])c1ccccc1O. The first-order chi connectivity index (χ1) is 12.3. The largest absolute Gasteiger partial charge is 0.507 e. The number of nitro benzene ring substituents is 2. The average Bonchev–Trinajstić information content (AvgIpc) is 2.60. The van der Waals surface area contributed by atoms with E-state index in [4.69, 9.17) is 0 Å². The lowest BCUT2D eigenvalue weighted by Crippen LogP contribution is -2.21. The highest BCUT2D eigenvalue weighted by molar-refractivity contribution is 6.01. The van der Waals surface area contributed by atoms with E-state index in [2.05, 4.69) is 10.5 Å². The minimum Gasteiger partial charge on any atom is -0.507 e. The molecule has 10 heteroatoms. The van der Waals surface area contributed by atoms with E-state index >= 15 is 0 Å². The first-order valence-electron chi connectivity index (χ1n) is 7.32. The Kier molecular flexibility index (Phi) is 5.58. The molecular weight excluding hydrogens is 344 g/mol. The lowest BCUT2D eigenvalue weighted by Gasteiger charge is -2.05. The van der Waals surface area contributed by atoms with Crippen molar-refractivity contribution in [1.82, 2.24) is 5.43 Å². The first-order valence-corrected chi connectivity index (χ1v) is 7.32. The molecule has 0 spiro atoms. The van der Waals surface area contributed by atoms with Crippen LogP contribution in [0.3, 0.4) is 0 Å². The second-order valence-corrected chi connectivity index (χ2v) is 5.25. The zero-order valence-corrected chi connectivity index (χ0v) is 13.6. The van der Waals surface area contributed by atoms with Crippen LogP contribution in [0.25, 0.3) is 0 Å². The summed E-state index contributed by atoms with van der Waals surface area (Å²) in [5.41, 5.74) is 2.08. The fraction of sp³-hybridized carbons (Fsp3) is 0.125. The molecule has 2 aromatic carbocycles. The van der Waals surface area contributed by atoms with E-state index in [-0.39, 0.29) is 17.7 Å². The summed E-state index contributed by atoms with van der Waals surface area (Å²) in [6.45, 7) is 1.57. The van der Waals surface area contributed by atoms with Gasteiger partial charge < -0.3 is 5.11 Å². The number of benzene rings is 2. The average molecular weight is 358 g/mol. The molecule has 0 aliphatic carbocycles. The van der Waals surface area contributed by atoms with E-state index in [9.17, 15) is 30.1 Å². The second-order valence-electron chi connectivity index (χ2n) is 5.25. The topological polar surface area (TPSA) is 148 Å². The molecule has 0 bridgehead atoms. The van der Waals surface area contributed by atoms with E-state index in [1.807, 2.05) is 0 Å². The van der Waals surface area contributed by atoms with Gasteiger partial charge in [-0.25, -0.2) is 5.43 Å². The molecule has 0 unspecified atom stereocenters. The van der Waals surface area contributed by atoms with Crippen LogP contribution in [0.15, 0.2) is 47.6 Å². The van der Waals surface area contributed by atoms with Crippen molar-refractivity contribution in [1.29, 1.82) is 0 Å². The molecule has 0 aliphatic heterocycles. The van der Waals surface area contributed by atoms with Crippen molar-refractivity contribution in [2.75, 3.05) is 0 Å². The van der Waals surface area contributed by atoms with Gasteiger partial charge in [-0.2, -0.15) is 5.10 Å². The van der Waals surface area contributed by atoms with Crippen molar-refractivity contribution in [2.45, 2.75) is 13.3 Å². The summed E-state index contributed by atoms with van der Waals surface area (Å²) in [5, 5.41) is 35.4. The Bertz CT molecular complexity index is 909. The van der Waals surface area contributed by atoms with Crippen molar-refractivity contribution >= 4 is 23.0 Å². The Labute approximate surface area is 147 Å². The molecule has 0 radical (unpaired) electrons. The number of aromatic hydroxyl groups is 1. The smallest absolute Gasteiger partial charge is 0.279 e. The molecule has 134 valence electrons. The molecule has 0 aliphatic rings. The van der Waals surface area contributed by atoms with Gasteiger partial charge in [0, 0.05) is 17.2 Å². The number of carbonyl (C=O) groups is 1. The van der Waals surface area contributed by atoms with E-state index in [0.29, 0.717) is 11.3 Å². The van der Waals surface area contributed by atoms with Crippen LogP contribution < -0.4 is 5.43 Å². The van der Waals surface area contributed by atoms with Crippen molar-refractivity contribution in [2.24, 2.45) is 5.10 Å². The quantitative estimate of drug-likeness (QED) is 0.460. The summed E-state index contributed by atoms with van der Waals surface area (Å²) in [6, 6.07) is 9.47. The van der Waals surface area contributed by atoms with Gasteiger partial charge >= 0.3 is 0 Å². The van der Waals surface area contributed by atoms with Crippen LogP contribution in [-0.2, 0) is 11.2 Å². The predicted molar refractivity (Wildman–Crippen MR) is 91.9 cm³/mol. The van der Waals surface area contributed by atoms with E-state index in [1.54, 1.807) is 25.1 Å². The summed E-state index contributed by atoms with van der Waals surface area (Å²) in [4.78, 5) is 32.2. The minimum atomic E-state index is -0.786. The monoisotopic (exact) mass is 358 g/mol. The number of hydrogen-bond acceptors (Lipinski definition) is 7. The normalized spacial score (nSPS) is 11.0. The van der Waals surface area contributed by atoms with Gasteiger partial charge in [0.15, 0.2) is 0 Å². The van der Waals surface area contributed by atoms with Crippen LogP contribution in [0.2, 0.25) is 0 Å². The Morgan fingerprint density at radius 2 is 1.85 bits per heavy atom. The third-order valence-electron chi connectivity index (χ3n) is 3.47.